The average Bonchev–Trinajstić information content (AvgIpc) is 3.06. The summed E-state index contributed by atoms with van der Waals surface area (Å²) in [4.78, 5) is 12.9. The van der Waals surface area contributed by atoms with Gasteiger partial charge in [0.05, 0.1) is 6.04 Å². The van der Waals surface area contributed by atoms with Gasteiger partial charge in [-0.1, -0.05) is 35.9 Å². The van der Waals surface area contributed by atoms with Gasteiger partial charge in [-0.15, -0.1) is 0 Å². The Bertz CT molecular complexity index is 1050. The number of ether oxygens (including phenoxy) is 1. The van der Waals surface area contributed by atoms with Crippen LogP contribution in [0.1, 0.15) is 52.9 Å². The zero-order chi connectivity index (χ0) is 22.7. The summed E-state index contributed by atoms with van der Waals surface area (Å²) in [5.74, 6) is -0.624. The lowest BCUT2D eigenvalue weighted by atomic mass is 10.1. The highest BCUT2D eigenvalue weighted by atomic mass is 35.5. The molecule has 1 amide bonds. The number of aliphatic hydroxyl groups excluding tert-OH is 1. The number of benzene rings is 2. The van der Waals surface area contributed by atoms with Crippen molar-refractivity contribution >= 4 is 17.5 Å². The van der Waals surface area contributed by atoms with Crippen LogP contribution in [0.4, 0.5) is 8.78 Å². The van der Waals surface area contributed by atoms with Crippen LogP contribution in [0, 0.1) is 0 Å². The van der Waals surface area contributed by atoms with Gasteiger partial charge in [-0.25, -0.2) is 13.5 Å². The molecule has 0 bridgehead atoms. The van der Waals surface area contributed by atoms with Gasteiger partial charge >= 0.3 is 0 Å². The first-order valence-corrected chi connectivity index (χ1v) is 9.60. The fourth-order valence-electron chi connectivity index (χ4n) is 2.93. The molecule has 10 heteroatoms. The molecule has 164 valence electrons. The van der Waals surface area contributed by atoms with Crippen molar-refractivity contribution in [2.45, 2.75) is 25.7 Å². The predicted octanol–water partition coefficient (Wildman–Crippen LogP) is 4.28. The van der Waals surface area contributed by atoms with Crippen LogP contribution in [0.2, 0.25) is 5.02 Å². The first-order chi connectivity index (χ1) is 14.7. The lowest BCUT2D eigenvalue weighted by Gasteiger charge is -2.16. The maximum absolute atomic E-state index is 13.6. The second kappa shape index (κ2) is 9.42. The Hall–Kier alpha value is -3.01. The van der Waals surface area contributed by atoms with Crippen LogP contribution < -0.4 is 10.1 Å². The number of amides is 1. The van der Waals surface area contributed by atoms with Crippen molar-refractivity contribution in [2.24, 2.45) is 7.05 Å². The van der Waals surface area contributed by atoms with Gasteiger partial charge in [-0.2, -0.15) is 5.10 Å². The number of carbonyl (C=O) groups excluding carboxylic acids is 1. The number of hydrogen-bond acceptors (Lipinski definition) is 5. The Morgan fingerprint density at radius 1 is 1.10 bits per heavy atom. The van der Waals surface area contributed by atoms with Gasteiger partial charge in [0.25, 0.3) is 12.3 Å². The van der Waals surface area contributed by atoms with Crippen molar-refractivity contribution in [2.75, 3.05) is 0 Å². The molecular weight excluding hydrogens is 432 g/mol. The Morgan fingerprint density at radius 2 is 1.68 bits per heavy atom. The van der Waals surface area contributed by atoms with Crippen molar-refractivity contribution in [3.63, 3.8) is 0 Å². The van der Waals surface area contributed by atoms with E-state index in [0.29, 0.717) is 16.3 Å². The molecule has 0 radical (unpaired) electrons. The van der Waals surface area contributed by atoms with Gasteiger partial charge in [0, 0.05) is 17.6 Å². The zero-order valence-corrected chi connectivity index (χ0v) is 17.3. The summed E-state index contributed by atoms with van der Waals surface area (Å²) < 4.78 is 33.9. The molecule has 1 heterocycles. The summed E-state index contributed by atoms with van der Waals surface area (Å²) in [6, 6.07) is 11.8. The number of aryl methyl sites for hydroxylation is 1. The molecule has 3 N–H and O–H groups in total. The summed E-state index contributed by atoms with van der Waals surface area (Å²) in [7, 11) is 1.40. The molecule has 0 aliphatic carbocycles. The minimum absolute atomic E-state index is 0.138. The maximum atomic E-state index is 13.6. The Labute approximate surface area is 181 Å². The van der Waals surface area contributed by atoms with E-state index in [4.69, 9.17) is 16.3 Å². The topological polar surface area (TPSA) is 96.6 Å². The molecule has 0 saturated heterocycles. The van der Waals surface area contributed by atoms with E-state index in [0.717, 1.165) is 4.68 Å². The average molecular weight is 452 g/mol. The summed E-state index contributed by atoms with van der Waals surface area (Å²) >= 11 is 5.85. The highest BCUT2D eigenvalue weighted by molar-refractivity contribution is 6.30. The largest absolute Gasteiger partial charge is 0.438 e. The fraction of sp³-hybridized carbons (Fsp3) is 0.238. The third-order valence-electron chi connectivity index (χ3n) is 4.57. The highest BCUT2D eigenvalue weighted by Gasteiger charge is 2.30. The summed E-state index contributed by atoms with van der Waals surface area (Å²) in [5.41, 5.74) is -0.148. The van der Waals surface area contributed by atoms with Gasteiger partial charge in [0.15, 0.2) is 6.29 Å². The molecule has 3 rings (SSSR count). The van der Waals surface area contributed by atoms with Crippen molar-refractivity contribution in [3.8, 4) is 11.6 Å². The van der Waals surface area contributed by atoms with Crippen LogP contribution in [0.25, 0.3) is 0 Å². The number of carbonyl (C=O) groups is 1. The molecule has 1 aromatic heterocycles. The first-order valence-electron chi connectivity index (χ1n) is 9.22. The molecule has 0 saturated carbocycles. The van der Waals surface area contributed by atoms with E-state index in [1.807, 2.05) is 0 Å². The van der Waals surface area contributed by atoms with Crippen molar-refractivity contribution in [1.29, 1.82) is 0 Å². The van der Waals surface area contributed by atoms with E-state index in [1.165, 1.54) is 19.2 Å². The highest BCUT2D eigenvalue weighted by Crippen LogP contribution is 2.33. The van der Waals surface area contributed by atoms with E-state index >= 15 is 0 Å². The lowest BCUT2D eigenvalue weighted by molar-refractivity contribution is -0.0425. The number of rotatable bonds is 7. The molecule has 0 fully saturated rings. The number of nitrogens with zero attached hydrogens (tertiary/aromatic N) is 2. The van der Waals surface area contributed by atoms with Gasteiger partial charge in [0.2, 0.25) is 5.88 Å². The standard InChI is InChI=1S/C21H20ClF2N3O4/c1-11(12-3-5-13(6-4-12)21(29)30)25-19(28)16-17(18(23)24)26-27(2)20(16)31-15-9-7-14(22)8-10-15/h3-11,18,21,29-30H,1-2H3,(H,25,28)/t11-/m0/s1. The predicted molar refractivity (Wildman–Crippen MR) is 109 cm³/mol. The van der Waals surface area contributed by atoms with Gasteiger partial charge in [-0.3, -0.25) is 4.79 Å². The van der Waals surface area contributed by atoms with Crippen molar-refractivity contribution in [3.05, 3.63) is 75.9 Å². The molecule has 0 unspecified atom stereocenters. The minimum Gasteiger partial charge on any atom is -0.438 e. The Morgan fingerprint density at radius 3 is 2.23 bits per heavy atom. The minimum atomic E-state index is -2.99. The fourth-order valence-corrected chi connectivity index (χ4v) is 3.06. The molecule has 7 nitrogen and oxygen atoms in total. The molecule has 3 aromatic rings. The van der Waals surface area contributed by atoms with Crippen LogP contribution in [0.3, 0.4) is 0 Å². The summed E-state index contributed by atoms with van der Waals surface area (Å²) in [5, 5.41) is 25.2. The molecule has 0 aliphatic rings. The molecule has 2 aromatic carbocycles. The third-order valence-corrected chi connectivity index (χ3v) is 4.82. The quantitative estimate of drug-likeness (QED) is 0.466. The maximum Gasteiger partial charge on any atom is 0.283 e. The van der Waals surface area contributed by atoms with Gasteiger partial charge in [0.1, 0.15) is 17.0 Å². The zero-order valence-electron chi connectivity index (χ0n) is 16.6. The SMILES string of the molecule is C[C@H](NC(=O)c1c(C(F)F)nn(C)c1Oc1ccc(Cl)cc1)c1ccc(C(O)O)cc1. The van der Waals surface area contributed by atoms with Crippen LogP contribution in [0.5, 0.6) is 11.6 Å². The van der Waals surface area contributed by atoms with E-state index in [1.54, 1.807) is 43.3 Å². The second-order valence-electron chi connectivity index (χ2n) is 6.78. The van der Waals surface area contributed by atoms with Gasteiger partial charge in [-0.05, 0) is 36.8 Å². The smallest absolute Gasteiger partial charge is 0.283 e. The first kappa shape index (κ1) is 22.7. The lowest BCUT2D eigenvalue weighted by Crippen LogP contribution is -2.27. The second-order valence-corrected chi connectivity index (χ2v) is 7.22. The number of hydrogen-bond donors (Lipinski definition) is 3. The molecular formula is C21H20ClF2N3O4. The molecule has 31 heavy (non-hydrogen) atoms. The normalized spacial score (nSPS) is 12.3. The molecule has 0 aliphatic heterocycles. The van der Waals surface area contributed by atoms with E-state index in [9.17, 15) is 23.8 Å². The van der Waals surface area contributed by atoms with Crippen LogP contribution in [-0.4, -0.2) is 25.9 Å². The Balaban J connectivity index is 1.88. The number of halogens is 3. The van der Waals surface area contributed by atoms with Crippen LogP contribution >= 0.6 is 11.6 Å². The number of alkyl halides is 2. The van der Waals surface area contributed by atoms with Gasteiger partial charge < -0.3 is 20.3 Å². The molecule has 1 atom stereocenters. The molecule has 0 spiro atoms. The summed E-state index contributed by atoms with van der Waals surface area (Å²) in [6.07, 6.45) is -4.61. The van der Waals surface area contributed by atoms with E-state index in [-0.39, 0.29) is 17.0 Å². The van der Waals surface area contributed by atoms with Crippen LogP contribution in [0.15, 0.2) is 48.5 Å². The number of nitrogens with one attached hydrogen (secondary N) is 1. The van der Waals surface area contributed by atoms with Crippen molar-refractivity contribution < 1.29 is 28.5 Å². The monoisotopic (exact) mass is 451 g/mol. The number of aliphatic hydroxyl groups is 2. The number of aromatic nitrogens is 2. The van der Waals surface area contributed by atoms with Crippen LogP contribution in [-0.2, 0) is 7.05 Å². The van der Waals surface area contributed by atoms with E-state index < -0.39 is 30.4 Å². The third kappa shape index (κ3) is 5.19. The van der Waals surface area contributed by atoms with E-state index in [2.05, 4.69) is 10.4 Å². The van der Waals surface area contributed by atoms with Crippen molar-refractivity contribution in [1.82, 2.24) is 15.1 Å². The Kier molecular flexibility index (Phi) is 6.89. The summed E-state index contributed by atoms with van der Waals surface area (Å²) in [6.45, 7) is 1.67.